The largest absolute Gasteiger partial charge is 0.416 e. The van der Waals surface area contributed by atoms with Gasteiger partial charge in [-0.05, 0) is 43.0 Å². The van der Waals surface area contributed by atoms with Gasteiger partial charge >= 0.3 is 6.18 Å². The summed E-state index contributed by atoms with van der Waals surface area (Å²) in [6.45, 7) is 16.4. The van der Waals surface area contributed by atoms with Gasteiger partial charge < -0.3 is 24.8 Å². The van der Waals surface area contributed by atoms with Gasteiger partial charge in [-0.15, -0.1) is 0 Å². The topological polar surface area (TPSA) is 43.9 Å². The summed E-state index contributed by atoms with van der Waals surface area (Å²) in [4.78, 5) is 11.2. The number of allylic oxidation sites excluding steroid dienone is 2. The molecule has 4 rings (SSSR count). The molecule has 4 heterocycles. The van der Waals surface area contributed by atoms with Crippen LogP contribution in [0.25, 0.3) is 0 Å². The van der Waals surface area contributed by atoms with Crippen molar-refractivity contribution in [2.75, 3.05) is 57.4 Å². The summed E-state index contributed by atoms with van der Waals surface area (Å²) < 4.78 is 45.1. The van der Waals surface area contributed by atoms with Crippen molar-refractivity contribution in [2.45, 2.75) is 38.5 Å². The van der Waals surface area contributed by atoms with Gasteiger partial charge in [-0.1, -0.05) is 30.9 Å². The molecule has 1 aromatic rings. The van der Waals surface area contributed by atoms with Crippen molar-refractivity contribution in [1.29, 1.82) is 0 Å². The van der Waals surface area contributed by atoms with Gasteiger partial charge in [0.05, 0.1) is 24.6 Å². The minimum Gasteiger partial charge on any atom is -0.378 e. The van der Waals surface area contributed by atoms with E-state index in [2.05, 4.69) is 50.3 Å². The molecule has 2 saturated heterocycles. The average molecular weight is 504 g/mol. The number of rotatable bonds is 8. The number of morpholine rings is 1. The fourth-order valence-electron chi connectivity index (χ4n) is 4.84. The number of likely N-dealkylation sites (tertiary alicyclic amines) is 1. The second-order valence-corrected chi connectivity index (χ2v) is 9.63. The highest BCUT2D eigenvalue weighted by molar-refractivity contribution is 5.40. The van der Waals surface area contributed by atoms with E-state index in [4.69, 9.17) is 4.74 Å². The van der Waals surface area contributed by atoms with Crippen LogP contribution in [-0.4, -0.2) is 79.5 Å². The van der Waals surface area contributed by atoms with E-state index in [-0.39, 0.29) is 0 Å². The monoisotopic (exact) mass is 503 g/mol. The van der Waals surface area contributed by atoms with Gasteiger partial charge in [0.25, 0.3) is 0 Å². The first kappa shape index (κ1) is 26.3. The molecule has 6 nitrogen and oxygen atoms in total. The zero-order valence-electron chi connectivity index (χ0n) is 21.0. The fraction of sp³-hybridized carbons (Fsp3) is 0.519. The number of hydrogen-bond donors (Lipinski definition) is 1. The van der Waals surface area contributed by atoms with Crippen LogP contribution < -0.4 is 10.2 Å². The van der Waals surface area contributed by atoms with Gasteiger partial charge in [-0.2, -0.15) is 13.2 Å². The Bertz CT molecular complexity index is 996. The molecule has 196 valence electrons. The molecule has 36 heavy (non-hydrogen) atoms. The Balaban J connectivity index is 1.28. The van der Waals surface area contributed by atoms with Crippen molar-refractivity contribution in [1.82, 2.24) is 20.1 Å². The standard InChI is InChI=1S/C27H36F3N5O/c1-4-24(27(28,29)30)15-23-18-34(9-7-20(23)2)21(3)35-10-8-25(19-35)31-16-22-5-6-26(32-17-22)33-11-13-36-14-12-33/h4-6,15,17,25,31H,1,3,7-14,16,18-19H2,2H3/b24-15+. The number of nitrogens with one attached hydrogen (secondary N) is 1. The summed E-state index contributed by atoms with van der Waals surface area (Å²) in [7, 11) is 0. The van der Waals surface area contributed by atoms with Gasteiger partial charge in [0.15, 0.2) is 0 Å². The minimum absolute atomic E-state index is 0.319. The molecular weight excluding hydrogens is 467 g/mol. The lowest BCUT2D eigenvalue weighted by atomic mass is 9.99. The van der Waals surface area contributed by atoms with E-state index in [1.54, 1.807) is 0 Å². The maximum absolute atomic E-state index is 13.2. The minimum atomic E-state index is -4.40. The predicted octanol–water partition coefficient (Wildman–Crippen LogP) is 4.25. The Kier molecular flexibility index (Phi) is 8.41. The Morgan fingerprint density at radius 3 is 2.64 bits per heavy atom. The molecule has 0 amide bonds. The normalized spacial score (nSPS) is 21.8. The van der Waals surface area contributed by atoms with E-state index in [9.17, 15) is 13.2 Å². The van der Waals surface area contributed by atoms with Crippen LogP contribution in [-0.2, 0) is 11.3 Å². The maximum atomic E-state index is 13.2. The molecule has 0 radical (unpaired) electrons. The average Bonchev–Trinajstić information content (AvgIpc) is 3.36. The third-order valence-corrected chi connectivity index (χ3v) is 7.20. The molecular formula is C27H36F3N5O. The molecule has 1 unspecified atom stereocenters. The van der Waals surface area contributed by atoms with Crippen LogP contribution in [0.1, 0.15) is 25.3 Å². The maximum Gasteiger partial charge on any atom is 0.416 e. The smallest absolute Gasteiger partial charge is 0.378 e. The lowest BCUT2D eigenvalue weighted by Gasteiger charge is -2.36. The van der Waals surface area contributed by atoms with E-state index >= 15 is 0 Å². The molecule has 0 spiro atoms. The zero-order valence-corrected chi connectivity index (χ0v) is 21.0. The molecule has 2 fully saturated rings. The summed E-state index contributed by atoms with van der Waals surface area (Å²) in [5, 5.41) is 3.62. The van der Waals surface area contributed by atoms with Crippen LogP contribution in [0.4, 0.5) is 19.0 Å². The quantitative estimate of drug-likeness (QED) is 0.535. The molecule has 1 N–H and O–H groups in total. The number of pyridine rings is 1. The Hall–Kier alpha value is -2.78. The molecule has 0 aliphatic carbocycles. The van der Waals surface area contributed by atoms with Gasteiger partial charge in [-0.25, -0.2) is 4.98 Å². The third kappa shape index (κ3) is 6.50. The number of anilines is 1. The van der Waals surface area contributed by atoms with Crippen molar-refractivity contribution >= 4 is 5.82 Å². The van der Waals surface area contributed by atoms with Crippen molar-refractivity contribution < 1.29 is 17.9 Å². The van der Waals surface area contributed by atoms with Gasteiger partial charge in [0, 0.05) is 58.1 Å². The number of halogens is 3. The van der Waals surface area contributed by atoms with E-state index in [1.165, 1.54) is 6.08 Å². The van der Waals surface area contributed by atoms with Crippen molar-refractivity contribution in [3.8, 4) is 0 Å². The van der Waals surface area contributed by atoms with Gasteiger partial charge in [0.2, 0.25) is 0 Å². The molecule has 0 bridgehead atoms. The predicted molar refractivity (Wildman–Crippen MR) is 136 cm³/mol. The number of hydrogen-bond acceptors (Lipinski definition) is 6. The van der Waals surface area contributed by atoms with Crippen LogP contribution >= 0.6 is 0 Å². The van der Waals surface area contributed by atoms with Crippen LogP contribution in [0.15, 0.2) is 66.2 Å². The van der Waals surface area contributed by atoms with Crippen molar-refractivity contribution in [3.05, 3.63) is 71.7 Å². The first-order valence-corrected chi connectivity index (χ1v) is 12.5. The molecule has 1 aromatic heterocycles. The van der Waals surface area contributed by atoms with E-state index in [0.29, 0.717) is 18.2 Å². The fourth-order valence-corrected chi connectivity index (χ4v) is 4.84. The first-order valence-electron chi connectivity index (χ1n) is 12.5. The summed E-state index contributed by atoms with van der Waals surface area (Å²) in [5.41, 5.74) is 2.11. The van der Waals surface area contributed by atoms with Crippen LogP contribution in [0.3, 0.4) is 0 Å². The lowest BCUT2D eigenvalue weighted by molar-refractivity contribution is -0.0882. The van der Waals surface area contributed by atoms with Gasteiger partial charge in [-0.3, -0.25) is 0 Å². The molecule has 3 aliphatic rings. The highest BCUT2D eigenvalue weighted by Crippen LogP contribution is 2.31. The number of ether oxygens (including phenoxy) is 1. The second kappa shape index (κ2) is 11.5. The first-order chi connectivity index (χ1) is 17.2. The number of alkyl halides is 3. The highest BCUT2D eigenvalue weighted by atomic mass is 19.4. The second-order valence-electron chi connectivity index (χ2n) is 9.63. The zero-order chi connectivity index (χ0) is 25.7. The van der Waals surface area contributed by atoms with Gasteiger partial charge in [0.1, 0.15) is 5.82 Å². The summed E-state index contributed by atoms with van der Waals surface area (Å²) in [5.74, 6) is 1.86. The summed E-state index contributed by atoms with van der Waals surface area (Å²) >= 11 is 0. The SMILES string of the molecule is C=C/C(=C\C1=C(C)CCN(C(=C)N2CCC(NCc3ccc(N4CCOCC4)nc3)C2)C1)C(F)(F)F. The molecule has 3 aliphatic heterocycles. The van der Waals surface area contributed by atoms with E-state index in [1.807, 2.05) is 13.1 Å². The van der Waals surface area contributed by atoms with Crippen LogP contribution in [0.2, 0.25) is 0 Å². The van der Waals surface area contributed by atoms with E-state index in [0.717, 1.165) is 94.2 Å². The Labute approximate surface area is 211 Å². The third-order valence-electron chi connectivity index (χ3n) is 7.20. The van der Waals surface area contributed by atoms with E-state index < -0.39 is 11.7 Å². The summed E-state index contributed by atoms with van der Waals surface area (Å²) in [6, 6.07) is 4.51. The Morgan fingerprint density at radius 2 is 1.97 bits per heavy atom. The molecule has 0 aromatic carbocycles. The summed E-state index contributed by atoms with van der Waals surface area (Å²) in [6.07, 6.45) is 1.35. The molecule has 0 saturated carbocycles. The Morgan fingerprint density at radius 1 is 1.19 bits per heavy atom. The molecule has 9 heteroatoms. The van der Waals surface area contributed by atoms with Crippen molar-refractivity contribution in [3.63, 3.8) is 0 Å². The lowest BCUT2D eigenvalue weighted by Crippen LogP contribution is -2.39. The van der Waals surface area contributed by atoms with Crippen molar-refractivity contribution in [2.24, 2.45) is 0 Å². The van der Waals surface area contributed by atoms with Crippen LogP contribution in [0, 0.1) is 0 Å². The van der Waals surface area contributed by atoms with Crippen LogP contribution in [0.5, 0.6) is 0 Å². The number of aromatic nitrogens is 1. The molecule has 1 atom stereocenters. The number of nitrogens with zero attached hydrogens (tertiary/aromatic N) is 4. The highest BCUT2D eigenvalue weighted by Gasteiger charge is 2.32.